The third-order valence-corrected chi connectivity index (χ3v) is 6.95. The molecular formula is C22H34ClN3O2. The predicted molar refractivity (Wildman–Crippen MR) is 114 cm³/mol. The molecule has 0 unspecified atom stereocenters. The Morgan fingerprint density at radius 1 is 1.11 bits per heavy atom. The highest BCUT2D eigenvalue weighted by Gasteiger charge is 2.39. The van der Waals surface area contributed by atoms with Gasteiger partial charge < -0.3 is 15.0 Å². The fourth-order valence-electron chi connectivity index (χ4n) is 4.55. The molecule has 0 atom stereocenters. The zero-order valence-corrected chi connectivity index (χ0v) is 18.3. The Balaban J connectivity index is 1.55. The highest BCUT2D eigenvalue weighted by molar-refractivity contribution is 6.32. The van der Waals surface area contributed by atoms with Gasteiger partial charge in [0.15, 0.2) is 6.61 Å². The third-order valence-electron chi connectivity index (χ3n) is 6.35. The molecule has 1 aliphatic heterocycles. The van der Waals surface area contributed by atoms with Crippen LogP contribution in [0.4, 0.5) is 0 Å². The second kappa shape index (κ2) is 9.47. The highest BCUT2D eigenvalue weighted by atomic mass is 35.5. The van der Waals surface area contributed by atoms with E-state index in [1.165, 1.54) is 32.1 Å². The van der Waals surface area contributed by atoms with E-state index in [0.717, 1.165) is 48.9 Å². The Hall–Kier alpha value is -1.30. The maximum absolute atomic E-state index is 12.5. The van der Waals surface area contributed by atoms with E-state index in [9.17, 15) is 4.79 Å². The summed E-state index contributed by atoms with van der Waals surface area (Å²) in [6, 6.07) is 3.77. The number of benzene rings is 1. The minimum Gasteiger partial charge on any atom is -0.484 e. The number of amides is 1. The molecular weight excluding hydrogens is 374 g/mol. The van der Waals surface area contributed by atoms with Crippen LogP contribution in [0, 0.1) is 13.8 Å². The maximum atomic E-state index is 12.5. The van der Waals surface area contributed by atoms with Gasteiger partial charge in [0, 0.05) is 43.3 Å². The second-order valence-corrected chi connectivity index (χ2v) is 8.89. The summed E-state index contributed by atoms with van der Waals surface area (Å²) in [6.07, 6.45) is 6.16. The lowest BCUT2D eigenvalue weighted by molar-refractivity contribution is -0.124. The van der Waals surface area contributed by atoms with Gasteiger partial charge in [0.1, 0.15) is 5.75 Å². The van der Waals surface area contributed by atoms with Crippen molar-refractivity contribution >= 4 is 17.5 Å². The summed E-state index contributed by atoms with van der Waals surface area (Å²) < 4.78 is 5.73. The van der Waals surface area contributed by atoms with Crippen molar-refractivity contribution in [1.29, 1.82) is 0 Å². The van der Waals surface area contributed by atoms with Crippen molar-refractivity contribution < 1.29 is 9.53 Å². The van der Waals surface area contributed by atoms with Crippen LogP contribution in [0.3, 0.4) is 0 Å². The molecule has 1 saturated heterocycles. The molecule has 2 fully saturated rings. The van der Waals surface area contributed by atoms with Crippen LogP contribution in [0.25, 0.3) is 0 Å². The highest BCUT2D eigenvalue weighted by Crippen LogP contribution is 2.34. The molecule has 0 radical (unpaired) electrons. The number of likely N-dealkylation sites (N-methyl/N-ethyl adjacent to an activating group) is 1. The number of rotatable bonds is 6. The van der Waals surface area contributed by atoms with E-state index in [2.05, 4.69) is 22.2 Å². The van der Waals surface area contributed by atoms with Gasteiger partial charge in [-0.15, -0.1) is 0 Å². The van der Waals surface area contributed by atoms with Gasteiger partial charge in [-0.1, -0.05) is 30.9 Å². The van der Waals surface area contributed by atoms with E-state index in [-0.39, 0.29) is 18.1 Å². The number of nitrogens with zero attached hydrogens (tertiary/aromatic N) is 2. The molecule has 2 aliphatic rings. The normalized spacial score (nSPS) is 20.7. The van der Waals surface area contributed by atoms with Crippen molar-refractivity contribution in [2.75, 3.05) is 46.4 Å². The molecule has 1 aromatic carbocycles. The number of hydrogen-bond donors (Lipinski definition) is 1. The van der Waals surface area contributed by atoms with Crippen LogP contribution >= 0.6 is 11.6 Å². The summed E-state index contributed by atoms with van der Waals surface area (Å²) in [6.45, 7) is 9.05. The quantitative estimate of drug-likeness (QED) is 0.784. The Morgan fingerprint density at radius 2 is 1.71 bits per heavy atom. The van der Waals surface area contributed by atoms with E-state index < -0.39 is 0 Å². The lowest BCUT2D eigenvalue weighted by Gasteiger charge is -2.49. The molecule has 0 spiro atoms. The van der Waals surface area contributed by atoms with Gasteiger partial charge in [-0.25, -0.2) is 0 Å². The summed E-state index contributed by atoms with van der Waals surface area (Å²) >= 11 is 6.20. The smallest absolute Gasteiger partial charge is 0.258 e. The Morgan fingerprint density at radius 3 is 2.32 bits per heavy atom. The SMILES string of the molecule is Cc1cc(OCC(=O)NCC2(N3CCN(C)CC3)CCCCC2)cc(C)c1Cl. The number of halogens is 1. The standard InChI is InChI=1S/C22H34ClN3O2/c1-17-13-19(14-18(2)21(17)23)28-15-20(27)24-16-22(7-5-4-6-8-22)26-11-9-25(3)10-12-26/h13-14H,4-12,15-16H2,1-3H3,(H,24,27). The van der Waals surface area contributed by atoms with Gasteiger partial charge in [0.05, 0.1) is 0 Å². The molecule has 28 heavy (non-hydrogen) atoms. The molecule has 0 aromatic heterocycles. The van der Waals surface area contributed by atoms with Crippen LogP contribution in [0.2, 0.25) is 5.02 Å². The van der Waals surface area contributed by atoms with Crippen molar-refractivity contribution in [2.24, 2.45) is 0 Å². The summed E-state index contributed by atoms with van der Waals surface area (Å²) in [5.74, 6) is 0.644. The van der Waals surface area contributed by atoms with Crippen LogP contribution < -0.4 is 10.1 Å². The molecule has 3 rings (SSSR count). The van der Waals surface area contributed by atoms with Crippen LogP contribution in [0.5, 0.6) is 5.75 Å². The van der Waals surface area contributed by atoms with E-state index in [0.29, 0.717) is 5.75 Å². The molecule has 1 N–H and O–H groups in total. The summed E-state index contributed by atoms with van der Waals surface area (Å²) in [7, 11) is 2.18. The topological polar surface area (TPSA) is 44.8 Å². The second-order valence-electron chi connectivity index (χ2n) is 8.51. The number of piperazine rings is 1. The van der Waals surface area contributed by atoms with Crippen LogP contribution in [0.1, 0.15) is 43.2 Å². The molecule has 0 bridgehead atoms. The fourth-order valence-corrected chi connectivity index (χ4v) is 4.66. The Labute approximate surface area is 174 Å². The van der Waals surface area contributed by atoms with Crippen molar-refractivity contribution in [3.05, 3.63) is 28.3 Å². The number of aryl methyl sites for hydroxylation is 2. The Kier molecular flexibility index (Phi) is 7.24. The lowest BCUT2D eigenvalue weighted by Crippen LogP contribution is -2.61. The summed E-state index contributed by atoms with van der Waals surface area (Å²) in [5, 5.41) is 3.92. The zero-order chi connectivity index (χ0) is 20.1. The van der Waals surface area contributed by atoms with E-state index >= 15 is 0 Å². The van der Waals surface area contributed by atoms with Crippen LogP contribution in [-0.2, 0) is 4.79 Å². The Bertz CT molecular complexity index is 657. The number of carbonyl (C=O) groups is 1. The molecule has 1 heterocycles. The number of hydrogen-bond acceptors (Lipinski definition) is 4. The molecule has 1 aliphatic carbocycles. The summed E-state index contributed by atoms with van der Waals surface area (Å²) in [5.41, 5.74) is 2.05. The first-order valence-corrected chi connectivity index (χ1v) is 10.9. The molecule has 6 heteroatoms. The number of nitrogens with one attached hydrogen (secondary N) is 1. The average Bonchev–Trinajstić information content (AvgIpc) is 2.70. The number of ether oxygens (including phenoxy) is 1. The van der Waals surface area contributed by atoms with E-state index in [1.54, 1.807) is 0 Å². The lowest BCUT2D eigenvalue weighted by atomic mass is 9.79. The first-order chi connectivity index (χ1) is 13.4. The van der Waals surface area contributed by atoms with Crippen molar-refractivity contribution in [2.45, 2.75) is 51.5 Å². The van der Waals surface area contributed by atoms with Crippen molar-refractivity contribution in [3.63, 3.8) is 0 Å². The molecule has 1 amide bonds. The first kappa shape index (κ1) is 21.4. The largest absolute Gasteiger partial charge is 0.484 e. The molecule has 1 saturated carbocycles. The van der Waals surface area contributed by atoms with E-state index in [1.807, 2.05) is 26.0 Å². The van der Waals surface area contributed by atoms with Gasteiger partial charge >= 0.3 is 0 Å². The molecule has 1 aromatic rings. The monoisotopic (exact) mass is 407 g/mol. The van der Waals surface area contributed by atoms with E-state index in [4.69, 9.17) is 16.3 Å². The maximum Gasteiger partial charge on any atom is 0.258 e. The zero-order valence-electron chi connectivity index (χ0n) is 17.5. The predicted octanol–water partition coefficient (Wildman–Crippen LogP) is 3.40. The summed E-state index contributed by atoms with van der Waals surface area (Å²) in [4.78, 5) is 17.5. The van der Waals surface area contributed by atoms with Gasteiger partial charge in [-0.2, -0.15) is 0 Å². The van der Waals surface area contributed by atoms with Crippen molar-refractivity contribution in [3.8, 4) is 5.75 Å². The first-order valence-electron chi connectivity index (χ1n) is 10.5. The van der Waals surface area contributed by atoms with Crippen LogP contribution in [-0.4, -0.2) is 67.6 Å². The van der Waals surface area contributed by atoms with Gasteiger partial charge in [0.2, 0.25) is 0 Å². The minimum absolute atomic E-state index is 0.0410. The minimum atomic E-state index is -0.0515. The van der Waals surface area contributed by atoms with Crippen LogP contribution in [0.15, 0.2) is 12.1 Å². The van der Waals surface area contributed by atoms with Crippen molar-refractivity contribution in [1.82, 2.24) is 15.1 Å². The number of carbonyl (C=O) groups excluding carboxylic acids is 1. The third kappa shape index (κ3) is 5.19. The van der Waals surface area contributed by atoms with Gasteiger partial charge in [-0.3, -0.25) is 9.69 Å². The molecule has 156 valence electrons. The molecule has 5 nitrogen and oxygen atoms in total. The fraction of sp³-hybridized carbons (Fsp3) is 0.682. The van der Waals surface area contributed by atoms with Gasteiger partial charge in [-0.05, 0) is 57.0 Å². The average molecular weight is 408 g/mol. The van der Waals surface area contributed by atoms with Gasteiger partial charge in [0.25, 0.3) is 5.91 Å².